The molecule has 7 heteroatoms. The Morgan fingerprint density at radius 3 is 2.26 bits per heavy atom. The maximum atomic E-state index is 13.1. The largest absolute Gasteiger partial charge is 0.349 e. The molecule has 178 valence electrons. The summed E-state index contributed by atoms with van der Waals surface area (Å²) in [5.41, 5.74) is 4.91. The van der Waals surface area contributed by atoms with Gasteiger partial charge in [0.15, 0.2) is 0 Å². The van der Waals surface area contributed by atoms with E-state index in [1.807, 2.05) is 50.2 Å². The molecule has 1 aliphatic heterocycles. The molecule has 35 heavy (non-hydrogen) atoms. The van der Waals surface area contributed by atoms with Gasteiger partial charge in [0.2, 0.25) is 0 Å². The Kier molecular flexibility index (Phi) is 6.76. The molecule has 0 fully saturated rings. The summed E-state index contributed by atoms with van der Waals surface area (Å²) >= 11 is 6.28. The second kappa shape index (κ2) is 9.76. The van der Waals surface area contributed by atoms with E-state index in [4.69, 9.17) is 11.6 Å². The van der Waals surface area contributed by atoms with Gasteiger partial charge in [-0.2, -0.15) is 0 Å². The zero-order valence-corrected chi connectivity index (χ0v) is 20.7. The quantitative estimate of drug-likeness (QED) is 0.411. The number of anilines is 3. The highest BCUT2D eigenvalue weighted by molar-refractivity contribution is 6.53. The van der Waals surface area contributed by atoms with Crippen molar-refractivity contribution in [2.24, 2.45) is 0 Å². The van der Waals surface area contributed by atoms with Gasteiger partial charge in [-0.15, -0.1) is 0 Å². The number of nitrogens with one attached hydrogen (secondary N) is 2. The zero-order chi connectivity index (χ0) is 25.3. The number of halogens is 1. The summed E-state index contributed by atoms with van der Waals surface area (Å²) < 4.78 is 0. The standard InChI is InChI=1S/C28H26ClN3O3/c1-16(2)21-7-5-6-8-22(21)31-26(33)19-12-11-18(4)23(15-19)30-25-24(29)27(34)32(28(25)35)20-13-9-17(3)10-14-20/h5-16,30H,1-4H3,(H,31,33). The molecule has 0 saturated heterocycles. The van der Waals surface area contributed by atoms with E-state index in [2.05, 4.69) is 24.5 Å². The first-order chi connectivity index (χ1) is 16.7. The van der Waals surface area contributed by atoms with E-state index in [9.17, 15) is 14.4 Å². The molecule has 4 rings (SSSR count). The number of para-hydroxylation sites is 1. The van der Waals surface area contributed by atoms with Gasteiger partial charge in [-0.3, -0.25) is 14.4 Å². The maximum absolute atomic E-state index is 13.1. The molecule has 0 radical (unpaired) electrons. The van der Waals surface area contributed by atoms with Crippen molar-refractivity contribution in [1.82, 2.24) is 0 Å². The fraction of sp³-hybridized carbons (Fsp3) is 0.179. The third-order valence-electron chi connectivity index (χ3n) is 5.91. The summed E-state index contributed by atoms with van der Waals surface area (Å²) in [4.78, 5) is 39.9. The van der Waals surface area contributed by atoms with Crippen molar-refractivity contribution in [3.63, 3.8) is 0 Å². The molecule has 0 aromatic heterocycles. The molecule has 0 unspecified atom stereocenters. The first-order valence-electron chi connectivity index (χ1n) is 11.3. The molecule has 1 heterocycles. The second-order valence-corrected chi connectivity index (χ2v) is 9.20. The van der Waals surface area contributed by atoms with Crippen LogP contribution in [0.4, 0.5) is 17.1 Å². The first-order valence-corrected chi connectivity index (χ1v) is 11.7. The normalized spacial score (nSPS) is 13.6. The van der Waals surface area contributed by atoms with Gasteiger partial charge in [0.25, 0.3) is 17.7 Å². The van der Waals surface area contributed by atoms with Gasteiger partial charge >= 0.3 is 0 Å². The second-order valence-electron chi connectivity index (χ2n) is 8.82. The Morgan fingerprint density at radius 1 is 0.886 bits per heavy atom. The van der Waals surface area contributed by atoms with Crippen LogP contribution in [0.2, 0.25) is 0 Å². The molecule has 3 aromatic rings. The van der Waals surface area contributed by atoms with Crippen LogP contribution in [0, 0.1) is 13.8 Å². The van der Waals surface area contributed by atoms with Gasteiger partial charge in [0.1, 0.15) is 10.7 Å². The highest BCUT2D eigenvalue weighted by atomic mass is 35.5. The van der Waals surface area contributed by atoms with Crippen LogP contribution in [-0.4, -0.2) is 17.7 Å². The van der Waals surface area contributed by atoms with Crippen LogP contribution in [0.15, 0.2) is 77.5 Å². The van der Waals surface area contributed by atoms with Crippen molar-refractivity contribution in [3.8, 4) is 0 Å². The molecular weight excluding hydrogens is 462 g/mol. The highest BCUT2D eigenvalue weighted by Gasteiger charge is 2.39. The molecule has 6 nitrogen and oxygen atoms in total. The summed E-state index contributed by atoms with van der Waals surface area (Å²) in [5.74, 6) is -1.18. The predicted molar refractivity (Wildman–Crippen MR) is 140 cm³/mol. The van der Waals surface area contributed by atoms with E-state index < -0.39 is 11.8 Å². The molecule has 0 atom stereocenters. The van der Waals surface area contributed by atoms with Crippen LogP contribution in [-0.2, 0) is 9.59 Å². The number of imide groups is 1. The number of rotatable bonds is 6. The molecule has 3 amide bonds. The highest BCUT2D eigenvalue weighted by Crippen LogP contribution is 2.31. The topological polar surface area (TPSA) is 78.5 Å². The van der Waals surface area contributed by atoms with Crippen molar-refractivity contribution in [2.45, 2.75) is 33.6 Å². The van der Waals surface area contributed by atoms with Crippen molar-refractivity contribution in [2.75, 3.05) is 15.5 Å². The number of hydrogen-bond donors (Lipinski definition) is 2. The van der Waals surface area contributed by atoms with E-state index in [-0.39, 0.29) is 22.6 Å². The van der Waals surface area contributed by atoms with Crippen LogP contribution >= 0.6 is 11.6 Å². The molecule has 0 spiro atoms. The van der Waals surface area contributed by atoms with E-state index in [1.54, 1.807) is 30.3 Å². The van der Waals surface area contributed by atoms with Crippen molar-refractivity contribution in [1.29, 1.82) is 0 Å². The monoisotopic (exact) mass is 487 g/mol. The molecular formula is C28H26ClN3O3. The molecule has 0 bridgehead atoms. The average molecular weight is 488 g/mol. The molecule has 2 N–H and O–H groups in total. The van der Waals surface area contributed by atoms with Gasteiger partial charge < -0.3 is 10.6 Å². The molecule has 1 aliphatic rings. The van der Waals surface area contributed by atoms with E-state index >= 15 is 0 Å². The summed E-state index contributed by atoms with van der Waals surface area (Å²) in [6.45, 7) is 7.89. The number of nitrogens with zero attached hydrogens (tertiary/aromatic N) is 1. The number of hydrogen-bond acceptors (Lipinski definition) is 4. The molecule has 3 aromatic carbocycles. The number of amides is 3. The Hall–Kier alpha value is -3.90. The van der Waals surface area contributed by atoms with Gasteiger partial charge in [-0.1, -0.05) is 67.4 Å². The van der Waals surface area contributed by atoms with Crippen LogP contribution in [0.1, 0.15) is 46.8 Å². The Morgan fingerprint density at radius 2 is 1.57 bits per heavy atom. The lowest BCUT2D eigenvalue weighted by molar-refractivity contribution is -0.120. The number of benzene rings is 3. The van der Waals surface area contributed by atoms with Gasteiger partial charge in [-0.25, -0.2) is 4.90 Å². The summed E-state index contributed by atoms with van der Waals surface area (Å²) in [6, 6.07) is 19.8. The number of carbonyl (C=O) groups is 3. The van der Waals surface area contributed by atoms with Crippen molar-refractivity contribution < 1.29 is 14.4 Å². The maximum Gasteiger partial charge on any atom is 0.283 e. The summed E-state index contributed by atoms with van der Waals surface area (Å²) in [6.07, 6.45) is 0. The van der Waals surface area contributed by atoms with Crippen LogP contribution in [0.5, 0.6) is 0 Å². The average Bonchev–Trinajstić information content (AvgIpc) is 3.04. The zero-order valence-electron chi connectivity index (χ0n) is 20.0. The summed E-state index contributed by atoms with van der Waals surface area (Å²) in [5, 5.41) is 5.77. The van der Waals surface area contributed by atoms with E-state index in [0.717, 1.165) is 27.3 Å². The van der Waals surface area contributed by atoms with Crippen LogP contribution < -0.4 is 15.5 Å². The third kappa shape index (κ3) is 4.84. The smallest absolute Gasteiger partial charge is 0.283 e. The lowest BCUT2D eigenvalue weighted by Crippen LogP contribution is -2.32. The fourth-order valence-electron chi connectivity index (χ4n) is 3.88. The molecule has 0 aliphatic carbocycles. The minimum Gasteiger partial charge on any atom is -0.349 e. The Labute approximate surface area is 209 Å². The minimum absolute atomic E-state index is 0.0250. The van der Waals surface area contributed by atoms with E-state index in [0.29, 0.717) is 16.9 Å². The molecule has 0 saturated carbocycles. The van der Waals surface area contributed by atoms with Crippen molar-refractivity contribution >= 4 is 46.4 Å². The fourth-order valence-corrected chi connectivity index (χ4v) is 4.09. The summed E-state index contributed by atoms with van der Waals surface area (Å²) in [7, 11) is 0. The van der Waals surface area contributed by atoms with Gasteiger partial charge in [0.05, 0.1) is 5.69 Å². The van der Waals surface area contributed by atoms with E-state index in [1.165, 1.54) is 0 Å². The van der Waals surface area contributed by atoms with Gasteiger partial charge in [0, 0.05) is 16.9 Å². The lowest BCUT2D eigenvalue weighted by atomic mass is 10.0. The minimum atomic E-state index is -0.597. The number of aryl methyl sites for hydroxylation is 2. The number of carbonyl (C=O) groups excluding carboxylic acids is 3. The SMILES string of the molecule is Cc1ccc(N2C(=O)C(Cl)=C(Nc3cc(C(=O)Nc4ccccc4C(C)C)ccc3C)C2=O)cc1. The Bertz CT molecular complexity index is 1360. The first kappa shape index (κ1) is 24.2. The Balaban J connectivity index is 1.59. The predicted octanol–water partition coefficient (Wildman–Crippen LogP) is 6.11. The lowest BCUT2D eigenvalue weighted by Gasteiger charge is -2.16. The van der Waals surface area contributed by atoms with Crippen LogP contribution in [0.25, 0.3) is 0 Å². The van der Waals surface area contributed by atoms with Crippen LogP contribution in [0.3, 0.4) is 0 Å². The van der Waals surface area contributed by atoms with Crippen molar-refractivity contribution in [3.05, 3.63) is 99.7 Å². The van der Waals surface area contributed by atoms with Gasteiger partial charge in [-0.05, 0) is 61.2 Å². The third-order valence-corrected chi connectivity index (χ3v) is 6.26.